The minimum atomic E-state index is -0.186. The molecule has 39 heavy (non-hydrogen) atoms. The highest BCUT2D eigenvalue weighted by molar-refractivity contribution is 9.10. The van der Waals surface area contributed by atoms with Crippen LogP contribution in [-0.4, -0.2) is 20.4 Å². The Labute approximate surface area is 244 Å². The molecule has 5 rings (SSSR count). The number of nitrogens with zero attached hydrogens (tertiary/aromatic N) is 4. The van der Waals surface area contributed by atoms with E-state index in [-0.39, 0.29) is 11.5 Å². The Morgan fingerprint density at radius 3 is 2.33 bits per heavy atom. The Kier molecular flexibility index (Phi) is 7.86. The molecule has 0 radical (unpaired) electrons. The van der Waals surface area contributed by atoms with E-state index in [2.05, 4.69) is 54.5 Å². The maximum atomic E-state index is 13.4. The average Bonchev–Trinajstić information content (AvgIpc) is 3.20. The van der Waals surface area contributed by atoms with Crippen LogP contribution in [0.5, 0.6) is 5.75 Å². The Morgan fingerprint density at radius 1 is 0.949 bits per heavy atom. The van der Waals surface area contributed by atoms with E-state index >= 15 is 0 Å². The van der Waals surface area contributed by atoms with Gasteiger partial charge >= 0.3 is 0 Å². The molecule has 0 aliphatic heterocycles. The molecule has 0 aliphatic carbocycles. The summed E-state index contributed by atoms with van der Waals surface area (Å²) in [6, 6.07) is 23.8. The minimum Gasteiger partial charge on any atom is -0.489 e. The van der Waals surface area contributed by atoms with Crippen molar-refractivity contribution < 1.29 is 4.74 Å². The van der Waals surface area contributed by atoms with Gasteiger partial charge in [-0.25, -0.2) is 4.98 Å². The predicted molar refractivity (Wildman–Crippen MR) is 165 cm³/mol. The third-order valence-corrected chi connectivity index (χ3v) is 7.57. The molecule has 3 aromatic carbocycles. The molecule has 0 saturated carbocycles. The van der Waals surface area contributed by atoms with Crippen molar-refractivity contribution in [3.05, 3.63) is 120 Å². The molecule has 0 N–H and O–H groups in total. The van der Waals surface area contributed by atoms with Gasteiger partial charge in [0.15, 0.2) is 0 Å². The first-order valence-corrected chi connectivity index (χ1v) is 14.2. The molecule has 8 heteroatoms. The number of aryl methyl sites for hydroxylation is 1. The molecule has 0 saturated heterocycles. The molecule has 0 atom stereocenters. The highest BCUT2D eigenvalue weighted by Gasteiger charge is 2.15. The van der Waals surface area contributed by atoms with Gasteiger partial charge in [-0.15, -0.1) is 0 Å². The van der Waals surface area contributed by atoms with Crippen LogP contribution in [0.1, 0.15) is 48.1 Å². The molecule has 2 aromatic heterocycles. The van der Waals surface area contributed by atoms with Crippen molar-refractivity contribution in [2.45, 2.75) is 40.2 Å². The zero-order valence-electron chi connectivity index (χ0n) is 22.2. The largest absolute Gasteiger partial charge is 0.489 e. The number of ether oxygens (including phenoxy) is 1. The second-order valence-electron chi connectivity index (χ2n) is 9.72. The molecular weight excluding hydrogens is 620 g/mol. The molecule has 2 heterocycles. The van der Waals surface area contributed by atoms with E-state index in [1.165, 1.54) is 4.68 Å². The maximum Gasteiger partial charge on any atom is 0.282 e. The topological polar surface area (TPSA) is 61.4 Å². The van der Waals surface area contributed by atoms with Gasteiger partial charge in [0, 0.05) is 37.5 Å². The van der Waals surface area contributed by atoms with Crippen molar-refractivity contribution in [3.63, 3.8) is 0 Å². The molecule has 0 amide bonds. The summed E-state index contributed by atoms with van der Waals surface area (Å²) in [4.78, 5) is 18.1. The number of hydrogen-bond acceptors (Lipinski definition) is 4. The summed E-state index contributed by atoms with van der Waals surface area (Å²) in [5, 5.41) is 5.15. The Morgan fingerprint density at radius 2 is 1.64 bits per heavy atom. The number of aromatic nitrogens is 3. The lowest BCUT2D eigenvalue weighted by molar-refractivity contribution is 0.306. The number of fused-ring (bicyclic) bond motifs is 1. The van der Waals surface area contributed by atoms with Crippen LogP contribution in [0.25, 0.3) is 16.6 Å². The lowest BCUT2D eigenvalue weighted by atomic mass is 10.2. The lowest BCUT2D eigenvalue weighted by Gasteiger charge is -2.12. The smallest absolute Gasteiger partial charge is 0.282 e. The highest BCUT2D eigenvalue weighted by atomic mass is 79.9. The molecular formula is C31H28Br2N4O2. The average molecular weight is 648 g/mol. The standard InChI is InChI=1S/C31H28Br2N4O2/c1-19(2)30-35-29-14-9-25(33)16-28(29)31(38)37(30)34-17-23-15-20(3)36(21(23)4)26-10-12-27(13-11-26)39-18-22-5-7-24(32)8-6-22/h5-17,19H,18H2,1-4H3. The van der Waals surface area contributed by atoms with Crippen LogP contribution in [0, 0.1) is 13.8 Å². The predicted octanol–water partition coefficient (Wildman–Crippen LogP) is 7.91. The summed E-state index contributed by atoms with van der Waals surface area (Å²) in [5.41, 5.74) is 5.63. The van der Waals surface area contributed by atoms with Gasteiger partial charge in [0.1, 0.15) is 18.2 Å². The number of hydrogen-bond donors (Lipinski definition) is 0. The molecule has 0 bridgehead atoms. The van der Waals surface area contributed by atoms with Gasteiger partial charge in [-0.1, -0.05) is 57.8 Å². The van der Waals surface area contributed by atoms with Crippen LogP contribution in [0.2, 0.25) is 0 Å². The zero-order chi connectivity index (χ0) is 27.7. The van der Waals surface area contributed by atoms with Gasteiger partial charge in [-0.3, -0.25) is 4.79 Å². The van der Waals surface area contributed by atoms with Crippen molar-refractivity contribution in [2.75, 3.05) is 0 Å². The Balaban J connectivity index is 1.42. The summed E-state index contributed by atoms with van der Waals surface area (Å²) in [6.07, 6.45) is 1.74. The summed E-state index contributed by atoms with van der Waals surface area (Å²) in [5.74, 6) is 1.46. The van der Waals surface area contributed by atoms with E-state index in [4.69, 9.17) is 9.72 Å². The fourth-order valence-corrected chi connectivity index (χ4v) is 5.15. The van der Waals surface area contributed by atoms with Crippen LogP contribution in [0.15, 0.2) is 91.6 Å². The van der Waals surface area contributed by atoms with Gasteiger partial charge < -0.3 is 9.30 Å². The van der Waals surface area contributed by atoms with E-state index in [1.54, 1.807) is 12.3 Å². The first kappa shape index (κ1) is 27.1. The third kappa shape index (κ3) is 5.77. The first-order chi connectivity index (χ1) is 18.7. The summed E-state index contributed by atoms with van der Waals surface area (Å²) in [7, 11) is 0. The van der Waals surface area contributed by atoms with Gasteiger partial charge in [-0.05, 0) is 80.1 Å². The summed E-state index contributed by atoms with van der Waals surface area (Å²) < 4.78 is 11.4. The second kappa shape index (κ2) is 11.3. The fraction of sp³-hybridized carbons (Fsp3) is 0.194. The van der Waals surface area contributed by atoms with Crippen molar-refractivity contribution >= 4 is 49.0 Å². The van der Waals surface area contributed by atoms with Crippen LogP contribution in [0.3, 0.4) is 0 Å². The van der Waals surface area contributed by atoms with E-state index in [0.29, 0.717) is 23.3 Å². The van der Waals surface area contributed by atoms with Gasteiger partial charge in [-0.2, -0.15) is 9.78 Å². The van der Waals surface area contributed by atoms with Gasteiger partial charge in [0.25, 0.3) is 5.56 Å². The molecule has 198 valence electrons. The first-order valence-electron chi connectivity index (χ1n) is 12.6. The van der Waals surface area contributed by atoms with E-state index < -0.39 is 0 Å². The highest BCUT2D eigenvalue weighted by Crippen LogP contribution is 2.24. The normalized spacial score (nSPS) is 11.7. The SMILES string of the molecule is Cc1cc(C=Nn2c(C(C)C)nc3ccc(Br)cc3c2=O)c(C)n1-c1ccc(OCc2ccc(Br)cc2)cc1. The number of rotatable bonds is 7. The van der Waals surface area contributed by atoms with Crippen LogP contribution < -0.4 is 10.3 Å². The van der Waals surface area contributed by atoms with E-state index in [1.807, 2.05) is 81.4 Å². The summed E-state index contributed by atoms with van der Waals surface area (Å²) in [6.45, 7) is 8.64. The van der Waals surface area contributed by atoms with Crippen molar-refractivity contribution in [1.29, 1.82) is 0 Å². The molecule has 0 unspecified atom stereocenters. The Bertz CT molecular complexity index is 1730. The number of halogens is 2. The monoisotopic (exact) mass is 646 g/mol. The zero-order valence-corrected chi connectivity index (χ0v) is 25.3. The van der Waals surface area contributed by atoms with Crippen molar-refractivity contribution in [2.24, 2.45) is 5.10 Å². The molecule has 0 spiro atoms. The quantitative estimate of drug-likeness (QED) is 0.169. The van der Waals surface area contributed by atoms with Crippen LogP contribution in [0.4, 0.5) is 0 Å². The second-order valence-corrected chi connectivity index (χ2v) is 11.5. The third-order valence-electron chi connectivity index (χ3n) is 6.55. The van der Waals surface area contributed by atoms with Gasteiger partial charge in [0.2, 0.25) is 0 Å². The molecule has 6 nitrogen and oxygen atoms in total. The van der Waals surface area contributed by atoms with Gasteiger partial charge in [0.05, 0.1) is 17.1 Å². The van der Waals surface area contributed by atoms with E-state index in [0.717, 1.165) is 42.9 Å². The van der Waals surface area contributed by atoms with Crippen LogP contribution in [-0.2, 0) is 6.61 Å². The molecule has 0 fully saturated rings. The number of benzene rings is 3. The van der Waals surface area contributed by atoms with E-state index in [9.17, 15) is 4.79 Å². The van der Waals surface area contributed by atoms with Crippen LogP contribution >= 0.6 is 31.9 Å². The van der Waals surface area contributed by atoms with Crippen molar-refractivity contribution in [1.82, 2.24) is 14.2 Å². The lowest BCUT2D eigenvalue weighted by Crippen LogP contribution is -2.23. The molecule has 5 aromatic rings. The maximum absolute atomic E-state index is 13.4. The fourth-order valence-electron chi connectivity index (χ4n) is 4.53. The summed E-state index contributed by atoms with van der Waals surface area (Å²) >= 11 is 6.91. The Hall–Kier alpha value is -3.49. The molecule has 0 aliphatic rings. The van der Waals surface area contributed by atoms with Crippen molar-refractivity contribution in [3.8, 4) is 11.4 Å². The minimum absolute atomic E-state index is 0.0276.